The van der Waals surface area contributed by atoms with Gasteiger partial charge < -0.3 is 10.1 Å². The summed E-state index contributed by atoms with van der Waals surface area (Å²) in [6, 6.07) is 15.0. The molecule has 1 heterocycles. The molecule has 1 amide bonds. The number of ether oxygens (including phenoxy) is 1. The summed E-state index contributed by atoms with van der Waals surface area (Å²) in [5.41, 5.74) is 1.78. The van der Waals surface area contributed by atoms with Gasteiger partial charge in [-0.15, -0.1) is 0 Å². The van der Waals surface area contributed by atoms with Crippen LogP contribution in [0.25, 0.3) is 0 Å². The number of benzene rings is 2. The van der Waals surface area contributed by atoms with E-state index in [9.17, 15) is 13.2 Å². The molecule has 0 aromatic heterocycles. The van der Waals surface area contributed by atoms with Crippen LogP contribution in [0.2, 0.25) is 0 Å². The summed E-state index contributed by atoms with van der Waals surface area (Å²) in [6.45, 7) is 2.77. The highest BCUT2D eigenvalue weighted by Crippen LogP contribution is 2.25. The first kappa shape index (κ1) is 23.8. The van der Waals surface area contributed by atoms with Gasteiger partial charge in [-0.25, -0.2) is 12.7 Å². The molecular formula is C23H29BrN2O4S. The summed E-state index contributed by atoms with van der Waals surface area (Å²) in [7, 11) is -1.79. The van der Waals surface area contributed by atoms with E-state index in [0.717, 1.165) is 27.8 Å². The Morgan fingerprint density at radius 3 is 2.45 bits per heavy atom. The molecule has 1 aliphatic rings. The first-order chi connectivity index (χ1) is 14.8. The van der Waals surface area contributed by atoms with E-state index in [1.807, 2.05) is 55.5 Å². The second-order valence-electron chi connectivity index (χ2n) is 7.80. The van der Waals surface area contributed by atoms with Crippen LogP contribution in [0.4, 0.5) is 0 Å². The van der Waals surface area contributed by atoms with Crippen molar-refractivity contribution in [2.24, 2.45) is 5.92 Å². The molecule has 3 rings (SSSR count). The third kappa shape index (κ3) is 6.30. The Hall–Kier alpha value is -1.90. The van der Waals surface area contributed by atoms with E-state index in [4.69, 9.17) is 4.74 Å². The van der Waals surface area contributed by atoms with Crippen LogP contribution in [0, 0.1) is 5.92 Å². The molecule has 0 spiro atoms. The molecule has 2 aromatic carbocycles. The Morgan fingerprint density at radius 1 is 1.19 bits per heavy atom. The quantitative estimate of drug-likeness (QED) is 0.577. The summed E-state index contributed by atoms with van der Waals surface area (Å²) in [4.78, 5) is 12.8. The van der Waals surface area contributed by atoms with E-state index >= 15 is 0 Å². The van der Waals surface area contributed by atoms with Crippen molar-refractivity contribution < 1.29 is 17.9 Å². The van der Waals surface area contributed by atoms with Gasteiger partial charge in [-0.2, -0.15) is 0 Å². The third-order valence-electron chi connectivity index (χ3n) is 5.70. The molecule has 8 heteroatoms. The highest BCUT2D eigenvalue weighted by molar-refractivity contribution is 9.10. The maximum atomic E-state index is 12.8. The smallest absolute Gasteiger partial charge is 0.223 e. The van der Waals surface area contributed by atoms with Gasteiger partial charge in [-0.3, -0.25) is 4.79 Å². The molecule has 31 heavy (non-hydrogen) atoms. The number of nitrogens with zero attached hydrogens (tertiary/aromatic N) is 1. The lowest BCUT2D eigenvalue weighted by Crippen LogP contribution is -2.44. The van der Waals surface area contributed by atoms with Gasteiger partial charge >= 0.3 is 0 Å². The van der Waals surface area contributed by atoms with Gasteiger partial charge in [-0.05, 0) is 54.7 Å². The summed E-state index contributed by atoms with van der Waals surface area (Å²) in [6.07, 6.45) is 1.84. The van der Waals surface area contributed by atoms with Crippen molar-refractivity contribution in [3.8, 4) is 5.75 Å². The van der Waals surface area contributed by atoms with Gasteiger partial charge in [0.2, 0.25) is 15.9 Å². The molecule has 2 aromatic rings. The molecular weight excluding hydrogens is 480 g/mol. The molecule has 0 saturated carbocycles. The number of hydrogen-bond donors (Lipinski definition) is 1. The molecule has 0 radical (unpaired) electrons. The number of carbonyl (C=O) groups is 1. The zero-order valence-electron chi connectivity index (χ0n) is 17.9. The van der Waals surface area contributed by atoms with Gasteiger partial charge in [0.1, 0.15) is 5.75 Å². The van der Waals surface area contributed by atoms with Crippen molar-refractivity contribution in [3.63, 3.8) is 0 Å². The van der Waals surface area contributed by atoms with Crippen LogP contribution in [0.1, 0.15) is 43.4 Å². The molecule has 1 unspecified atom stereocenters. The number of carbonyl (C=O) groups excluding carboxylic acids is 1. The SMILES string of the molecule is CCC(NC(=O)C1CCN(S(=O)(=O)Cc2cccc(Br)c2)CC1)c1ccc(OC)cc1. The van der Waals surface area contributed by atoms with Crippen LogP contribution < -0.4 is 10.1 Å². The molecule has 1 fully saturated rings. The molecule has 6 nitrogen and oxygen atoms in total. The van der Waals surface area contributed by atoms with Gasteiger partial charge in [0.05, 0.1) is 18.9 Å². The minimum atomic E-state index is -3.41. The van der Waals surface area contributed by atoms with Crippen LogP contribution in [0.5, 0.6) is 5.75 Å². The number of rotatable bonds is 8. The Labute approximate surface area is 193 Å². The number of halogens is 1. The highest BCUT2D eigenvalue weighted by atomic mass is 79.9. The fourth-order valence-corrected chi connectivity index (χ4v) is 5.87. The Bertz CT molecular complexity index is 987. The number of piperidine rings is 1. The molecule has 1 saturated heterocycles. The fourth-order valence-electron chi connectivity index (χ4n) is 3.87. The second-order valence-corrected chi connectivity index (χ2v) is 10.7. The lowest BCUT2D eigenvalue weighted by atomic mass is 9.95. The minimum Gasteiger partial charge on any atom is -0.497 e. The van der Waals surface area contributed by atoms with Gasteiger partial charge in [-0.1, -0.05) is 47.1 Å². The fraction of sp³-hybridized carbons (Fsp3) is 0.435. The zero-order chi connectivity index (χ0) is 22.4. The Morgan fingerprint density at radius 2 is 1.87 bits per heavy atom. The lowest BCUT2D eigenvalue weighted by molar-refractivity contribution is -0.126. The van der Waals surface area contributed by atoms with Crippen LogP contribution in [-0.2, 0) is 20.6 Å². The molecule has 0 bridgehead atoms. The van der Waals surface area contributed by atoms with E-state index in [2.05, 4.69) is 21.2 Å². The topological polar surface area (TPSA) is 75.7 Å². The van der Waals surface area contributed by atoms with Gasteiger partial charge in [0.15, 0.2) is 0 Å². The van der Waals surface area contributed by atoms with E-state index < -0.39 is 10.0 Å². The standard InChI is InChI=1S/C23H29BrN2O4S/c1-3-22(18-7-9-21(30-2)10-8-18)25-23(27)19-11-13-26(14-12-19)31(28,29)16-17-5-4-6-20(24)15-17/h4-10,15,19,22H,3,11-14,16H2,1-2H3,(H,25,27). The van der Waals surface area contributed by atoms with E-state index in [1.54, 1.807) is 7.11 Å². The normalized spacial score (nSPS) is 16.6. The van der Waals surface area contributed by atoms with Crippen molar-refractivity contribution in [1.29, 1.82) is 0 Å². The first-order valence-electron chi connectivity index (χ1n) is 10.5. The zero-order valence-corrected chi connectivity index (χ0v) is 20.3. The average molecular weight is 509 g/mol. The average Bonchev–Trinajstić information content (AvgIpc) is 2.77. The number of sulfonamides is 1. The third-order valence-corrected chi connectivity index (χ3v) is 8.04. The maximum absolute atomic E-state index is 12.8. The highest BCUT2D eigenvalue weighted by Gasteiger charge is 2.32. The van der Waals surface area contributed by atoms with Crippen LogP contribution in [-0.4, -0.2) is 38.8 Å². The predicted octanol–water partition coefficient (Wildman–Crippen LogP) is 4.27. The van der Waals surface area contributed by atoms with E-state index in [-0.39, 0.29) is 23.6 Å². The van der Waals surface area contributed by atoms with Gasteiger partial charge in [0, 0.05) is 23.5 Å². The van der Waals surface area contributed by atoms with Crippen LogP contribution >= 0.6 is 15.9 Å². The lowest BCUT2D eigenvalue weighted by Gasteiger charge is -2.31. The van der Waals surface area contributed by atoms with Crippen molar-refractivity contribution in [1.82, 2.24) is 9.62 Å². The molecule has 168 valence electrons. The van der Waals surface area contributed by atoms with Crippen LogP contribution in [0.3, 0.4) is 0 Å². The molecule has 1 N–H and O–H groups in total. The van der Waals surface area contributed by atoms with Crippen LogP contribution in [0.15, 0.2) is 53.0 Å². The Kier molecular flexibility index (Phi) is 8.13. The predicted molar refractivity (Wildman–Crippen MR) is 125 cm³/mol. The maximum Gasteiger partial charge on any atom is 0.223 e. The van der Waals surface area contributed by atoms with E-state index in [0.29, 0.717) is 25.9 Å². The summed E-state index contributed by atoms with van der Waals surface area (Å²) >= 11 is 3.38. The number of amides is 1. The first-order valence-corrected chi connectivity index (χ1v) is 12.9. The van der Waals surface area contributed by atoms with Crippen molar-refractivity contribution in [2.75, 3.05) is 20.2 Å². The van der Waals surface area contributed by atoms with E-state index in [1.165, 1.54) is 4.31 Å². The van der Waals surface area contributed by atoms with Crippen molar-refractivity contribution in [2.45, 2.75) is 38.0 Å². The van der Waals surface area contributed by atoms with Gasteiger partial charge in [0.25, 0.3) is 0 Å². The van der Waals surface area contributed by atoms with Crippen molar-refractivity contribution in [3.05, 3.63) is 64.1 Å². The molecule has 0 aliphatic carbocycles. The summed E-state index contributed by atoms with van der Waals surface area (Å²) in [5, 5.41) is 3.14. The monoisotopic (exact) mass is 508 g/mol. The number of hydrogen-bond acceptors (Lipinski definition) is 4. The number of nitrogens with one attached hydrogen (secondary N) is 1. The Balaban J connectivity index is 1.56. The molecule has 1 aliphatic heterocycles. The summed E-state index contributed by atoms with van der Waals surface area (Å²) in [5.74, 6) is 0.566. The minimum absolute atomic E-state index is 0.00768. The second kappa shape index (κ2) is 10.6. The molecule has 1 atom stereocenters. The largest absolute Gasteiger partial charge is 0.497 e. The number of methoxy groups -OCH3 is 1. The summed E-state index contributed by atoms with van der Waals surface area (Å²) < 4.78 is 33.2. The van der Waals surface area contributed by atoms with Crippen molar-refractivity contribution >= 4 is 31.9 Å².